The lowest BCUT2D eigenvalue weighted by Crippen LogP contribution is -2.41. The predicted molar refractivity (Wildman–Crippen MR) is 136 cm³/mol. The molecular formula is C26H34N6O2S. The van der Waals surface area contributed by atoms with Gasteiger partial charge in [-0.1, -0.05) is 26.0 Å². The predicted octanol–water partition coefficient (Wildman–Crippen LogP) is 3.57. The Bertz CT molecular complexity index is 1220. The van der Waals surface area contributed by atoms with Crippen LogP contribution >= 0.6 is 0 Å². The van der Waals surface area contributed by atoms with Gasteiger partial charge in [0.1, 0.15) is 11.9 Å². The summed E-state index contributed by atoms with van der Waals surface area (Å²) in [6.07, 6.45) is 5.03. The lowest BCUT2D eigenvalue weighted by atomic mass is 9.98. The zero-order valence-electron chi connectivity index (χ0n) is 20.7. The average Bonchev–Trinajstić information content (AvgIpc) is 2.88. The molecule has 8 nitrogen and oxygen atoms in total. The maximum atomic E-state index is 13.6. The molecule has 2 fully saturated rings. The molecule has 0 N–H and O–H groups in total. The number of aromatic nitrogens is 2. The first kappa shape index (κ1) is 24.0. The van der Waals surface area contributed by atoms with Crippen LogP contribution in [0.2, 0.25) is 0 Å². The van der Waals surface area contributed by atoms with Crippen LogP contribution in [0.25, 0.3) is 0 Å². The van der Waals surface area contributed by atoms with Crippen molar-refractivity contribution in [3.05, 3.63) is 41.1 Å². The van der Waals surface area contributed by atoms with Crippen molar-refractivity contribution in [2.24, 2.45) is 11.8 Å². The van der Waals surface area contributed by atoms with Crippen molar-refractivity contribution in [2.75, 3.05) is 42.5 Å². The molecule has 0 spiro atoms. The van der Waals surface area contributed by atoms with Crippen LogP contribution in [0.3, 0.4) is 0 Å². The lowest BCUT2D eigenvalue weighted by Gasteiger charge is -2.37. The van der Waals surface area contributed by atoms with Gasteiger partial charge in [0.25, 0.3) is 0 Å². The van der Waals surface area contributed by atoms with E-state index in [0.29, 0.717) is 18.9 Å². The molecule has 35 heavy (non-hydrogen) atoms. The number of fused-ring (bicyclic) bond motifs is 1. The number of nitrogens with zero attached hydrogens (tertiary/aromatic N) is 6. The summed E-state index contributed by atoms with van der Waals surface area (Å²) in [6.45, 7) is 8.92. The summed E-state index contributed by atoms with van der Waals surface area (Å²) in [5, 5.41) is 9.48. The number of sulfonamides is 1. The molecule has 4 heterocycles. The topological polar surface area (TPSA) is 93.4 Å². The van der Waals surface area contributed by atoms with Gasteiger partial charge < -0.3 is 9.80 Å². The molecule has 3 aliphatic rings. The van der Waals surface area contributed by atoms with Gasteiger partial charge in [-0.25, -0.2) is 13.4 Å². The van der Waals surface area contributed by atoms with Crippen LogP contribution in [0, 0.1) is 23.2 Å². The summed E-state index contributed by atoms with van der Waals surface area (Å²) < 4.78 is 28.6. The Kier molecular flexibility index (Phi) is 6.69. The summed E-state index contributed by atoms with van der Waals surface area (Å²) >= 11 is 0. The molecule has 0 radical (unpaired) electrons. The number of rotatable bonds is 4. The van der Waals surface area contributed by atoms with Crippen molar-refractivity contribution >= 4 is 21.8 Å². The fraction of sp³-hybridized carbons (Fsp3) is 0.577. The van der Waals surface area contributed by atoms with Crippen LogP contribution in [0.5, 0.6) is 0 Å². The first-order chi connectivity index (χ1) is 16.9. The summed E-state index contributed by atoms with van der Waals surface area (Å²) in [7, 11) is -3.81. The highest BCUT2D eigenvalue weighted by Crippen LogP contribution is 2.34. The van der Waals surface area contributed by atoms with E-state index in [-0.39, 0.29) is 17.0 Å². The van der Waals surface area contributed by atoms with Crippen LogP contribution in [0.15, 0.2) is 29.2 Å². The molecule has 0 saturated carbocycles. The Morgan fingerprint density at radius 3 is 2.20 bits per heavy atom. The molecule has 1 aromatic carbocycles. The Labute approximate surface area is 208 Å². The first-order valence-electron chi connectivity index (χ1n) is 12.8. The largest absolute Gasteiger partial charge is 0.356 e. The molecule has 0 aliphatic carbocycles. The maximum absolute atomic E-state index is 13.6. The molecule has 2 saturated heterocycles. The molecule has 2 aromatic rings. The van der Waals surface area contributed by atoms with Gasteiger partial charge in [-0.3, -0.25) is 0 Å². The van der Waals surface area contributed by atoms with Crippen molar-refractivity contribution in [3.8, 4) is 6.07 Å². The van der Waals surface area contributed by atoms with Crippen molar-refractivity contribution in [3.63, 3.8) is 0 Å². The fourth-order valence-corrected chi connectivity index (χ4v) is 6.87. The normalized spacial score (nSPS) is 20.5. The van der Waals surface area contributed by atoms with Gasteiger partial charge in [-0.15, -0.1) is 0 Å². The van der Waals surface area contributed by atoms with Gasteiger partial charge in [0, 0.05) is 51.3 Å². The van der Waals surface area contributed by atoms with Crippen LogP contribution in [0.1, 0.15) is 56.4 Å². The van der Waals surface area contributed by atoms with E-state index in [9.17, 15) is 13.7 Å². The van der Waals surface area contributed by atoms with Crippen LogP contribution < -0.4 is 9.80 Å². The van der Waals surface area contributed by atoms with Crippen molar-refractivity contribution < 1.29 is 8.42 Å². The van der Waals surface area contributed by atoms with E-state index in [1.807, 2.05) is 6.07 Å². The van der Waals surface area contributed by atoms with Crippen molar-refractivity contribution in [1.29, 1.82) is 5.26 Å². The van der Waals surface area contributed by atoms with Crippen LogP contribution in [-0.4, -0.2) is 55.4 Å². The number of piperidine rings is 2. The van der Waals surface area contributed by atoms with E-state index in [2.05, 4.69) is 23.6 Å². The minimum Gasteiger partial charge on any atom is -0.356 e. The minimum atomic E-state index is -3.81. The SMILES string of the molecule is CC1CCN(c2nc3c(c(N4CCC(C)CC4)n2)CN(S(=O)(=O)c2ccccc2C#N)CC3)CC1. The summed E-state index contributed by atoms with van der Waals surface area (Å²) in [5.74, 6) is 3.09. The third-order valence-corrected chi connectivity index (χ3v) is 9.67. The number of nitriles is 1. The zero-order chi connectivity index (χ0) is 24.6. The summed E-state index contributed by atoms with van der Waals surface area (Å²) in [4.78, 5) is 14.7. The molecule has 0 atom stereocenters. The average molecular weight is 495 g/mol. The third-order valence-electron chi connectivity index (χ3n) is 7.77. The number of benzene rings is 1. The highest BCUT2D eigenvalue weighted by molar-refractivity contribution is 7.89. The van der Waals surface area contributed by atoms with Crippen LogP contribution in [-0.2, 0) is 23.0 Å². The molecule has 5 rings (SSSR count). The third kappa shape index (κ3) is 4.74. The Balaban J connectivity index is 1.51. The molecule has 186 valence electrons. The smallest absolute Gasteiger partial charge is 0.244 e. The molecule has 1 aromatic heterocycles. The molecular weight excluding hydrogens is 460 g/mol. The Morgan fingerprint density at radius 1 is 0.914 bits per heavy atom. The maximum Gasteiger partial charge on any atom is 0.244 e. The summed E-state index contributed by atoms with van der Waals surface area (Å²) in [5.41, 5.74) is 2.05. The van der Waals surface area contributed by atoms with Gasteiger partial charge in [0.15, 0.2) is 0 Å². The van der Waals surface area contributed by atoms with Crippen molar-refractivity contribution in [1.82, 2.24) is 14.3 Å². The Hall–Kier alpha value is -2.70. The van der Waals surface area contributed by atoms with E-state index in [4.69, 9.17) is 9.97 Å². The Morgan fingerprint density at radius 2 is 1.54 bits per heavy atom. The minimum absolute atomic E-state index is 0.0688. The second-order valence-corrected chi connectivity index (χ2v) is 12.2. The van der Waals surface area contributed by atoms with E-state index in [1.165, 1.54) is 10.4 Å². The lowest BCUT2D eigenvalue weighted by molar-refractivity contribution is 0.383. The monoisotopic (exact) mass is 494 g/mol. The molecule has 0 bridgehead atoms. The fourth-order valence-electron chi connectivity index (χ4n) is 5.32. The van der Waals surface area contributed by atoms with Crippen LogP contribution in [0.4, 0.5) is 11.8 Å². The van der Waals surface area contributed by atoms with Gasteiger partial charge in [-0.2, -0.15) is 14.6 Å². The zero-order valence-corrected chi connectivity index (χ0v) is 21.5. The quantitative estimate of drug-likeness (QED) is 0.641. The van der Waals surface area contributed by atoms with E-state index >= 15 is 0 Å². The van der Waals surface area contributed by atoms with E-state index < -0.39 is 10.0 Å². The van der Waals surface area contributed by atoms with Gasteiger partial charge in [0.2, 0.25) is 16.0 Å². The number of anilines is 2. The second kappa shape index (κ2) is 9.75. The first-order valence-corrected chi connectivity index (χ1v) is 14.2. The number of hydrogen-bond donors (Lipinski definition) is 0. The van der Waals surface area contributed by atoms with E-state index in [1.54, 1.807) is 18.2 Å². The standard InChI is InChI=1S/C26H34N6O2S/c1-19-7-12-30(13-8-19)25-22-18-32(35(33,34)24-6-4-3-5-21(24)17-27)16-11-23(22)28-26(29-25)31-14-9-20(2)10-15-31/h3-6,19-20H,7-16,18H2,1-2H3. The van der Waals surface area contributed by atoms with Gasteiger partial charge in [-0.05, 0) is 49.7 Å². The summed E-state index contributed by atoms with van der Waals surface area (Å²) in [6, 6.07) is 8.46. The molecule has 0 unspecified atom stereocenters. The van der Waals surface area contributed by atoms with E-state index in [0.717, 1.165) is 80.8 Å². The second-order valence-electron chi connectivity index (χ2n) is 10.3. The number of hydrogen-bond acceptors (Lipinski definition) is 7. The molecule has 9 heteroatoms. The van der Waals surface area contributed by atoms with Crippen molar-refractivity contribution in [2.45, 2.75) is 57.4 Å². The molecule has 0 amide bonds. The highest BCUT2D eigenvalue weighted by atomic mass is 32.2. The molecule has 3 aliphatic heterocycles. The highest BCUT2D eigenvalue weighted by Gasteiger charge is 2.34. The van der Waals surface area contributed by atoms with Gasteiger partial charge in [0.05, 0.1) is 16.2 Å². The van der Waals surface area contributed by atoms with Gasteiger partial charge >= 0.3 is 0 Å².